The molecule has 10 heteroatoms. The second-order valence-electron chi connectivity index (χ2n) is 7.79. The van der Waals surface area contributed by atoms with E-state index in [1.165, 1.54) is 6.92 Å². The van der Waals surface area contributed by atoms with Gasteiger partial charge in [-0.25, -0.2) is 4.79 Å². The number of halogens is 1. The van der Waals surface area contributed by atoms with Crippen molar-refractivity contribution in [2.75, 3.05) is 11.6 Å². The predicted molar refractivity (Wildman–Crippen MR) is 130 cm³/mol. The minimum Gasteiger partial charge on any atom is -0.490 e. The summed E-state index contributed by atoms with van der Waals surface area (Å²) in [5, 5.41) is 13.7. The third-order valence-electron chi connectivity index (χ3n) is 5.10. The first-order valence-electron chi connectivity index (χ1n) is 10.7. The minimum absolute atomic E-state index is 0.0190. The number of ether oxygens (including phenoxy) is 1. The Balaban J connectivity index is 2.31. The molecule has 2 aromatic carbocycles. The third kappa shape index (κ3) is 7.52. The summed E-state index contributed by atoms with van der Waals surface area (Å²) < 4.78 is 5.96. The number of urea groups is 1. The number of aliphatic carboxylic acids is 1. The number of carboxylic acids is 1. The first-order chi connectivity index (χ1) is 15.7. The fourth-order valence-corrected chi connectivity index (χ4v) is 3.04. The fourth-order valence-electron chi connectivity index (χ4n) is 2.87. The summed E-state index contributed by atoms with van der Waals surface area (Å²) in [6.07, 6.45) is 0.968. The van der Waals surface area contributed by atoms with Gasteiger partial charge in [0, 0.05) is 18.1 Å². The van der Waals surface area contributed by atoms with Crippen molar-refractivity contribution in [3.63, 3.8) is 0 Å². The number of benzene rings is 2. The molecule has 6 N–H and O–H groups in total. The molecule has 0 spiro atoms. The molecular weight excluding hydrogens is 446 g/mol. The maximum Gasteiger partial charge on any atom is 0.330 e. The van der Waals surface area contributed by atoms with E-state index in [4.69, 9.17) is 27.2 Å². The van der Waals surface area contributed by atoms with Crippen LogP contribution in [0.5, 0.6) is 5.75 Å². The van der Waals surface area contributed by atoms with E-state index in [0.717, 1.165) is 23.3 Å². The normalized spacial score (nSPS) is 12.5. The van der Waals surface area contributed by atoms with E-state index in [1.807, 2.05) is 38.1 Å². The Labute approximate surface area is 199 Å². The molecule has 0 aliphatic heterocycles. The van der Waals surface area contributed by atoms with Gasteiger partial charge in [-0.2, -0.15) is 0 Å². The summed E-state index contributed by atoms with van der Waals surface area (Å²) in [5.41, 5.74) is 14.4. The number of nitrogens with zero attached hydrogens (tertiary/aromatic N) is 1. The quantitative estimate of drug-likeness (QED) is 0.311. The van der Waals surface area contributed by atoms with Crippen molar-refractivity contribution in [2.24, 2.45) is 11.7 Å². The van der Waals surface area contributed by atoms with E-state index >= 15 is 0 Å². The molecule has 0 saturated heterocycles. The topological polar surface area (TPSA) is 129 Å². The Bertz CT molecular complexity index is 972. The molecule has 0 aliphatic rings. The average molecular weight is 478 g/mol. The maximum absolute atomic E-state index is 12.3. The van der Waals surface area contributed by atoms with Gasteiger partial charge >= 0.3 is 12.0 Å². The second-order valence-corrected chi connectivity index (χ2v) is 8.22. The van der Waals surface area contributed by atoms with E-state index < -0.39 is 17.9 Å². The number of carboxylic acid groups (broad SMARTS) is 1. The number of carbonyl (C=O) groups is 2. The zero-order valence-electron chi connectivity index (χ0n) is 19.3. The molecule has 9 nitrogen and oxygen atoms in total. The number of hydrazine groups is 2. The Morgan fingerprint density at radius 2 is 1.94 bits per heavy atom. The molecule has 2 atom stereocenters. The molecule has 0 bridgehead atoms. The number of anilines is 2. The van der Waals surface area contributed by atoms with Crippen molar-refractivity contribution in [1.29, 1.82) is 0 Å². The fraction of sp³-hybridized carbons (Fsp3) is 0.391. The molecule has 0 unspecified atom stereocenters. The summed E-state index contributed by atoms with van der Waals surface area (Å²) in [7, 11) is 0. The number of aryl methyl sites for hydroxylation is 1. The molecule has 33 heavy (non-hydrogen) atoms. The first kappa shape index (κ1) is 26.2. The van der Waals surface area contributed by atoms with Gasteiger partial charge in [0.1, 0.15) is 5.75 Å². The smallest absolute Gasteiger partial charge is 0.330 e. The Morgan fingerprint density at radius 1 is 1.21 bits per heavy atom. The number of nitrogens with one attached hydrogen (secondary N) is 3. The van der Waals surface area contributed by atoms with Crippen LogP contribution in [0.2, 0.25) is 5.02 Å². The van der Waals surface area contributed by atoms with Crippen LogP contribution < -0.4 is 31.8 Å². The number of rotatable bonds is 11. The van der Waals surface area contributed by atoms with Crippen LogP contribution in [0.1, 0.15) is 38.3 Å². The SMILES string of the molecule is CC[C@@H](C)Oc1ccc(N(NNC(=O)NC[C@H](C)C(=O)O)c2cc(Cl)ccc2CN)cc1C. The summed E-state index contributed by atoms with van der Waals surface area (Å²) in [4.78, 5) is 23.2. The number of hydrogen-bond acceptors (Lipinski definition) is 6. The molecule has 0 fully saturated rings. The van der Waals surface area contributed by atoms with E-state index in [1.54, 1.807) is 17.1 Å². The molecule has 0 aliphatic carbocycles. The standard InChI is InChI=1S/C23H32ClN5O4/c1-5-16(4)33-21-9-8-19(10-14(21)2)29(20-11-18(24)7-6-17(20)12-25)28-27-23(32)26-13-15(3)22(30)31/h6-11,15-16,28H,5,12-13,25H2,1-4H3,(H,30,31)(H2,26,27,32)/t15-,16+/m0/s1. The number of amides is 2. The van der Waals surface area contributed by atoms with Crippen LogP contribution in [0, 0.1) is 12.8 Å². The van der Waals surface area contributed by atoms with Gasteiger partial charge in [-0.1, -0.05) is 31.5 Å². The highest BCUT2D eigenvalue weighted by molar-refractivity contribution is 6.30. The molecular formula is C23H32ClN5O4. The van der Waals surface area contributed by atoms with Crippen molar-refractivity contribution >= 4 is 35.0 Å². The molecule has 180 valence electrons. The van der Waals surface area contributed by atoms with E-state index in [2.05, 4.69) is 23.2 Å². The molecule has 0 aromatic heterocycles. The van der Waals surface area contributed by atoms with Crippen LogP contribution in [0.15, 0.2) is 36.4 Å². The zero-order valence-corrected chi connectivity index (χ0v) is 20.1. The predicted octanol–water partition coefficient (Wildman–Crippen LogP) is 3.86. The van der Waals surface area contributed by atoms with Gasteiger partial charge in [-0.05, 0) is 61.7 Å². The van der Waals surface area contributed by atoms with Crippen LogP contribution >= 0.6 is 11.6 Å². The van der Waals surface area contributed by atoms with Gasteiger partial charge < -0.3 is 20.9 Å². The monoisotopic (exact) mass is 477 g/mol. The summed E-state index contributed by atoms with van der Waals surface area (Å²) in [6.45, 7) is 7.74. The zero-order chi connectivity index (χ0) is 24.5. The van der Waals surface area contributed by atoms with E-state index in [9.17, 15) is 9.59 Å². The van der Waals surface area contributed by atoms with Crippen LogP contribution in [0.4, 0.5) is 16.2 Å². The lowest BCUT2D eigenvalue weighted by Gasteiger charge is -2.28. The molecule has 0 heterocycles. The number of carbonyl (C=O) groups excluding carboxylic acids is 1. The van der Waals surface area contributed by atoms with Crippen LogP contribution in [0.25, 0.3) is 0 Å². The number of hydrogen-bond donors (Lipinski definition) is 5. The lowest BCUT2D eigenvalue weighted by Crippen LogP contribution is -2.52. The number of nitrogens with two attached hydrogens (primary N) is 1. The lowest BCUT2D eigenvalue weighted by atomic mass is 10.1. The first-order valence-corrected chi connectivity index (χ1v) is 11.1. The van der Waals surface area contributed by atoms with Gasteiger partial charge in [-0.3, -0.25) is 15.2 Å². The molecule has 2 aromatic rings. The highest BCUT2D eigenvalue weighted by Gasteiger charge is 2.17. The molecule has 2 rings (SSSR count). The van der Waals surface area contributed by atoms with Crippen LogP contribution in [-0.2, 0) is 11.3 Å². The van der Waals surface area contributed by atoms with Crippen molar-refractivity contribution in [1.82, 2.24) is 16.3 Å². The van der Waals surface area contributed by atoms with Gasteiger partial charge in [0.25, 0.3) is 0 Å². The molecule has 0 radical (unpaired) electrons. The highest BCUT2D eigenvalue weighted by atomic mass is 35.5. The van der Waals surface area contributed by atoms with Gasteiger partial charge in [-0.15, -0.1) is 5.53 Å². The van der Waals surface area contributed by atoms with E-state index in [-0.39, 0.29) is 19.2 Å². The Morgan fingerprint density at radius 3 is 2.55 bits per heavy atom. The second kappa shape index (κ2) is 12.3. The van der Waals surface area contributed by atoms with Gasteiger partial charge in [0.15, 0.2) is 0 Å². The van der Waals surface area contributed by atoms with Crippen molar-refractivity contribution in [2.45, 2.75) is 46.8 Å². The Kier molecular flexibility index (Phi) is 9.77. The van der Waals surface area contributed by atoms with Gasteiger partial charge in [0.05, 0.1) is 23.4 Å². The van der Waals surface area contributed by atoms with Crippen molar-refractivity contribution in [3.8, 4) is 5.75 Å². The summed E-state index contributed by atoms with van der Waals surface area (Å²) in [6, 6.07) is 10.3. The Hall–Kier alpha value is -3.01. The third-order valence-corrected chi connectivity index (χ3v) is 5.33. The minimum atomic E-state index is -0.994. The average Bonchev–Trinajstić information content (AvgIpc) is 2.79. The van der Waals surface area contributed by atoms with Crippen LogP contribution in [0.3, 0.4) is 0 Å². The molecule has 0 saturated carbocycles. The summed E-state index contributed by atoms with van der Waals surface area (Å²) in [5.74, 6) is -0.942. The largest absolute Gasteiger partial charge is 0.490 e. The maximum atomic E-state index is 12.3. The lowest BCUT2D eigenvalue weighted by molar-refractivity contribution is -0.140. The van der Waals surface area contributed by atoms with Crippen LogP contribution in [-0.4, -0.2) is 29.8 Å². The van der Waals surface area contributed by atoms with Crippen molar-refractivity contribution in [3.05, 3.63) is 52.5 Å². The summed E-state index contributed by atoms with van der Waals surface area (Å²) >= 11 is 6.24. The highest BCUT2D eigenvalue weighted by Crippen LogP contribution is 2.32. The van der Waals surface area contributed by atoms with Gasteiger partial charge in [0.2, 0.25) is 0 Å². The molecule has 2 amide bonds. The van der Waals surface area contributed by atoms with Crippen molar-refractivity contribution < 1.29 is 19.4 Å². The van der Waals surface area contributed by atoms with E-state index in [0.29, 0.717) is 16.4 Å².